The van der Waals surface area contributed by atoms with Gasteiger partial charge in [0.25, 0.3) is 5.91 Å². The number of likely N-dealkylation sites (N-methyl/N-ethyl adjacent to an activating group) is 1. The number of hydrogen-bond donors (Lipinski definition) is 2. The SMILES string of the molecule is CCNC(=O)[C@@H]1C[C@H](NC(=O)c2cnc(C)nc2)CN1Cc1nccn1C. The predicted molar refractivity (Wildman–Crippen MR) is 98.7 cm³/mol. The standard InChI is InChI=1S/C18H25N7O2/c1-4-19-18(27)15-7-14(10-25(15)11-16-20-5-6-24(16)3)23-17(26)13-8-21-12(2)22-9-13/h5-6,8-9,14-15H,4,7,10-11H2,1-3H3,(H,19,27)(H,23,26)/t14-,15-/m0/s1. The van der Waals surface area contributed by atoms with Crippen LogP contribution in [0.5, 0.6) is 0 Å². The summed E-state index contributed by atoms with van der Waals surface area (Å²) in [5.74, 6) is 1.24. The van der Waals surface area contributed by atoms with Crippen molar-refractivity contribution in [2.24, 2.45) is 7.05 Å². The average molecular weight is 371 g/mol. The quantitative estimate of drug-likeness (QED) is 0.742. The number of carbonyl (C=O) groups is 2. The van der Waals surface area contributed by atoms with E-state index in [1.54, 1.807) is 13.1 Å². The number of nitrogens with one attached hydrogen (secondary N) is 2. The highest BCUT2D eigenvalue weighted by molar-refractivity contribution is 5.94. The smallest absolute Gasteiger partial charge is 0.254 e. The lowest BCUT2D eigenvalue weighted by molar-refractivity contribution is -0.125. The van der Waals surface area contributed by atoms with Crippen LogP contribution in [0, 0.1) is 6.92 Å². The summed E-state index contributed by atoms with van der Waals surface area (Å²) in [6.07, 6.45) is 7.19. The molecule has 2 amide bonds. The van der Waals surface area contributed by atoms with Gasteiger partial charge in [-0.1, -0.05) is 0 Å². The zero-order valence-corrected chi connectivity index (χ0v) is 15.8. The number of nitrogens with zero attached hydrogens (tertiary/aromatic N) is 5. The lowest BCUT2D eigenvalue weighted by Crippen LogP contribution is -2.43. The minimum atomic E-state index is -0.304. The molecule has 27 heavy (non-hydrogen) atoms. The second-order valence-corrected chi connectivity index (χ2v) is 6.72. The van der Waals surface area contributed by atoms with Crippen molar-refractivity contribution < 1.29 is 9.59 Å². The summed E-state index contributed by atoms with van der Waals surface area (Å²) in [6.45, 7) is 5.36. The molecule has 0 aromatic carbocycles. The molecule has 0 spiro atoms. The molecule has 3 rings (SSSR count). The molecule has 2 atom stereocenters. The highest BCUT2D eigenvalue weighted by Gasteiger charge is 2.37. The monoisotopic (exact) mass is 371 g/mol. The van der Waals surface area contributed by atoms with Crippen molar-refractivity contribution in [3.05, 3.63) is 42.0 Å². The highest BCUT2D eigenvalue weighted by atomic mass is 16.2. The summed E-state index contributed by atoms with van der Waals surface area (Å²) in [4.78, 5) is 39.5. The normalized spacial score (nSPS) is 19.8. The minimum absolute atomic E-state index is 0.0258. The molecule has 144 valence electrons. The fraction of sp³-hybridized carbons (Fsp3) is 0.500. The van der Waals surface area contributed by atoms with Gasteiger partial charge in [0.2, 0.25) is 5.91 Å². The molecule has 2 aromatic rings. The van der Waals surface area contributed by atoms with Gasteiger partial charge in [-0.25, -0.2) is 15.0 Å². The zero-order valence-electron chi connectivity index (χ0n) is 15.8. The van der Waals surface area contributed by atoms with Crippen LogP contribution in [0.1, 0.15) is 35.4 Å². The Bertz CT molecular complexity index is 802. The first-order valence-corrected chi connectivity index (χ1v) is 9.05. The van der Waals surface area contributed by atoms with Crippen molar-refractivity contribution >= 4 is 11.8 Å². The average Bonchev–Trinajstić information content (AvgIpc) is 3.22. The van der Waals surface area contributed by atoms with Crippen LogP contribution in [-0.2, 0) is 18.4 Å². The van der Waals surface area contributed by atoms with Gasteiger partial charge in [0.1, 0.15) is 11.6 Å². The van der Waals surface area contributed by atoms with E-state index in [-0.39, 0.29) is 23.9 Å². The Hall–Kier alpha value is -2.81. The van der Waals surface area contributed by atoms with Crippen molar-refractivity contribution in [2.45, 2.75) is 38.9 Å². The van der Waals surface area contributed by atoms with Crippen LogP contribution < -0.4 is 10.6 Å². The first-order chi connectivity index (χ1) is 13.0. The molecular weight excluding hydrogens is 346 g/mol. The molecule has 0 bridgehead atoms. The third kappa shape index (κ3) is 4.48. The number of likely N-dealkylation sites (tertiary alicyclic amines) is 1. The zero-order chi connectivity index (χ0) is 19.4. The van der Waals surface area contributed by atoms with Gasteiger partial charge in [-0.15, -0.1) is 0 Å². The van der Waals surface area contributed by atoms with E-state index >= 15 is 0 Å². The van der Waals surface area contributed by atoms with Crippen LogP contribution in [0.4, 0.5) is 0 Å². The van der Waals surface area contributed by atoms with E-state index < -0.39 is 0 Å². The maximum atomic E-state index is 12.5. The van der Waals surface area contributed by atoms with Crippen molar-refractivity contribution in [1.29, 1.82) is 0 Å². The summed E-state index contributed by atoms with van der Waals surface area (Å²) < 4.78 is 1.93. The summed E-state index contributed by atoms with van der Waals surface area (Å²) in [6, 6.07) is -0.437. The number of imidazole rings is 1. The summed E-state index contributed by atoms with van der Waals surface area (Å²) in [5.41, 5.74) is 0.415. The third-order valence-electron chi connectivity index (χ3n) is 4.70. The number of hydrogen-bond acceptors (Lipinski definition) is 6. The van der Waals surface area contributed by atoms with Gasteiger partial charge < -0.3 is 15.2 Å². The van der Waals surface area contributed by atoms with Crippen molar-refractivity contribution in [3.63, 3.8) is 0 Å². The van der Waals surface area contributed by atoms with E-state index in [1.807, 2.05) is 24.7 Å². The first-order valence-electron chi connectivity index (χ1n) is 9.05. The molecule has 9 heteroatoms. The molecule has 1 aliphatic heterocycles. The maximum Gasteiger partial charge on any atom is 0.254 e. The Labute approximate surface area is 158 Å². The Kier molecular flexibility index (Phi) is 5.80. The second kappa shape index (κ2) is 8.26. The largest absolute Gasteiger partial charge is 0.355 e. The van der Waals surface area contributed by atoms with Crippen LogP contribution in [0.2, 0.25) is 0 Å². The van der Waals surface area contributed by atoms with Gasteiger partial charge >= 0.3 is 0 Å². The molecule has 1 aliphatic rings. The van der Waals surface area contributed by atoms with Crippen molar-refractivity contribution in [2.75, 3.05) is 13.1 Å². The van der Waals surface area contributed by atoms with Gasteiger partial charge in [0, 0.05) is 51.0 Å². The minimum Gasteiger partial charge on any atom is -0.355 e. The molecule has 0 saturated carbocycles. The molecule has 2 aromatic heterocycles. The van der Waals surface area contributed by atoms with Gasteiger partial charge in [-0.2, -0.15) is 0 Å². The number of amides is 2. The molecule has 2 N–H and O–H groups in total. The molecule has 1 saturated heterocycles. The van der Waals surface area contributed by atoms with Gasteiger partial charge in [-0.3, -0.25) is 14.5 Å². The second-order valence-electron chi connectivity index (χ2n) is 6.72. The number of rotatable bonds is 6. The molecule has 3 heterocycles. The van der Waals surface area contributed by atoms with Crippen molar-refractivity contribution in [1.82, 2.24) is 35.1 Å². The topological polar surface area (TPSA) is 105 Å². The maximum absolute atomic E-state index is 12.5. The van der Waals surface area contributed by atoms with E-state index in [9.17, 15) is 9.59 Å². The van der Waals surface area contributed by atoms with Crippen LogP contribution in [-0.4, -0.2) is 61.4 Å². The molecule has 1 fully saturated rings. The van der Waals surface area contributed by atoms with E-state index in [0.717, 1.165) is 5.82 Å². The van der Waals surface area contributed by atoms with Crippen LogP contribution in [0.15, 0.2) is 24.8 Å². The molecule has 9 nitrogen and oxygen atoms in total. The Morgan fingerprint density at radius 3 is 2.63 bits per heavy atom. The van der Waals surface area contributed by atoms with Crippen molar-refractivity contribution in [3.8, 4) is 0 Å². The predicted octanol–water partition coefficient (Wildman–Crippen LogP) is 0.0275. The van der Waals surface area contributed by atoms with Crippen LogP contribution >= 0.6 is 0 Å². The highest BCUT2D eigenvalue weighted by Crippen LogP contribution is 2.21. The summed E-state index contributed by atoms with van der Waals surface area (Å²) >= 11 is 0. The van der Waals surface area contributed by atoms with Crippen LogP contribution in [0.3, 0.4) is 0 Å². The van der Waals surface area contributed by atoms with E-state index in [4.69, 9.17) is 0 Å². The Balaban J connectivity index is 1.69. The third-order valence-corrected chi connectivity index (χ3v) is 4.70. The van der Waals surface area contributed by atoms with E-state index in [0.29, 0.717) is 37.4 Å². The lowest BCUT2D eigenvalue weighted by atomic mass is 10.1. The Morgan fingerprint density at radius 2 is 2.00 bits per heavy atom. The molecular formula is C18H25N7O2. The fourth-order valence-corrected chi connectivity index (χ4v) is 3.26. The fourth-order valence-electron chi connectivity index (χ4n) is 3.26. The van der Waals surface area contributed by atoms with Gasteiger partial charge in [0.15, 0.2) is 0 Å². The number of aromatic nitrogens is 4. The summed E-state index contributed by atoms with van der Waals surface area (Å²) in [5, 5.41) is 5.88. The summed E-state index contributed by atoms with van der Waals surface area (Å²) in [7, 11) is 1.93. The van der Waals surface area contributed by atoms with Gasteiger partial charge in [0.05, 0.1) is 18.2 Å². The molecule has 0 unspecified atom stereocenters. The molecule has 0 radical (unpaired) electrons. The molecule has 0 aliphatic carbocycles. The van der Waals surface area contributed by atoms with E-state index in [2.05, 4.69) is 30.5 Å². The van der Waals surface area contributed by atoms with Gasteiger partial charge in [-0.05, 0) is 20.3 Å². The van der Waals surface area contributed by atoms with Crippen LogP contribution in [0.25, 0.3) is 0 Å². The number of aryl methyl sites for hydroxylation is 2. The lowest BCUT2D eigenvalue weighted by Gasteiger charge is -2.22. The van der Waals surface area contributed by atoms with E-state index in [1.165, 1.54) is 12.4 Å². The number of carbonyl (C=O) groups excluding carboxylic acids is 2. The first kappa shape index (κ1) is 19.0. The Morgan fingerprint density at radius 1 is 1.26 bits per heavy atom.